The summed E-state index contributed by atoms with van der Waals surface area (Å²) in [5.41, 5.74) is 1.18. The van der Waals surface area contributed by atoms with Crippen molar-refractivity contribution in [2.24, 2.45) is 18.8 Å². The third-order valence-corrected chi connectivity index (χ3v) is 5.91. The van der Waals surface area contributed by atoms with Crippen LogP contribution in [0.3, 0.4) is 0 Å². The van der Waals surface area contributed by atoms with Crippen molar-refractivity contribution >= 4 is 45.0 Å². The molecule has 2 amide bonds. The van der Waals surface area contributed by atoms with E-state index in [0.29, 0.717) is 5.69 Å². The smallest absolute Gasteiger partial charge is 0.305 e. The van der Waals surface area contributed by atoms with E-state index in [9.17, 15) is 19.2 Å². The molecule has 4 N–H and O–H groups in total. The van der Waals surface area contributed by atoms with Gasteiger partial charge < -0.3 is 15.0 Å². The number of nitrogens with zero attached hydrogens (tertiary/aromatic N) is 2. The lowest BCUT2D eigenvalue weighted by molar-refractivity contribution is -0.140. The second-order valence-corrected chi connectivity index (χ2v) is 8.46. The molecule has 3 atom stereocenters. The number of carboxylic acid groups (broad SMARTS) is 1. The summed E-state index contributed by atoms with van der Waals surface area (Å²) in [7, 11) is 4.00. The van der Waals surface area contributed by atoms with Crippen LogP contribution in [0, 0.1) is 12.8 Å². The Morgan fingerprint density at radius 2 is 1.87 bits per heavy atom. The summed E-state index contributed by atoms with van der Waals surface area (Å²) >= 11 is 0. The average molecular weight is 450 g/mol. The lowest BCUT2D eigenvalue weighted by Gasteiger charge is -2.31. The molecule has 1 aliphatic carbocycles. The molecule has 10 heteroatoms. The maximum absolute atomic E-state index is 13.3. The zero-order valence-electron chi connectivity index (χ0n) is 18.3. The molecule has 0 aliphatic heterocycles. The van der Waals surface area contributed by atoms with E-state index >= 15 is 0 Å². The number of rotatable bonds is 9. The van der Waals surface area contributed by atoms with Crippen molar-refractivity contribution < 1.29 is 24.3 Å². The molecule has 1 aliphatic rings. The number of hydrogen-bond acceptors (Lipinski definition) is 5. The highest BCUT2D eigenvalue weighted by Crippen LogP contribution is 2.14. The molecule has 0 saturated heterocycles. The maximum Gasteiger partial charge on any atom is 0.305 e. The minimum absolute atomic E-state index is 0.00304. The first-order valence-electron chi connectivity index (χ1n) is 10.2. The Hall–Kier alpha value is -2.51. The summed E-state index contributed by atoms with van der Waals surface area (Å²) in [4.78, 5) is 49.5. The number of aliphatic carboxylic acids is 1. The fourth-order valence-corrected chi connectivity index (χ4v) is 4.23. The number of hydrogen-bond donors (Lipinski definition) is 3. The number of nitrogens with two attached hydrogens (primary N) is 1. The van der Waals surface area contributed by atoms with Crippen LogP contribution < -0.4 is 21.7 Å². The van der Waals surface area contributed by atoms with Gasteiger partial charge in [-0.15, -0.1) is 9.24 Å². The first-order valence-corrected chi connectivity index (χ1v) is 11.0. The third kappa shape index (κ3) is 5.22. The third-order valence-electron chi connectivity index (χ3n) is 5.51. The number of ketones is 1. The molecule has 1 aromatic rings. The largest absolute Gasteiger partial charge is 0.481 e. The fraction of sp³-hybridized carbons (Fsp3) is 0.524. The molecule has 31 heavy (non-hydrogen) atoms. The summed E-state index contributed by atoms with van der Waals surface area (Å²) in [6, 6.07) is -2.28. The molecule has 0 spiro atoms. The van der Waals surface area contributed by atoms with Crippen molar-refractivity contribution in [2.75, 3.05) is 6.16 Å². The summed E-state index contributed by atoms with van der Waals surface area (Å²) in [6.07, 6.45) is 5.38. The number of fused-ring (bicyclic) bond motifs is 1. The van der Waals surface area contributed by atoms with E-state index in [2.05, 4.69) is 26.7 Å². The van der Waals surface area contributed by atoms with E-state index in [0.717, 1.165) is 34.0 Å². The highest BCUT2D eigenvalue weighted by atomic mass is 31.0. The fourth-order valence-electron chi connectivity index (χ4n) is 3.95. The minimum Gasteiger partial charge on any atom is -0.481 e. The van der Waals surface area contributed by atoms with Crippen LogP contribution in [-0.2, 0) is 21.4 Å². The number of hydrazine groups is 1. The van der Waals surface area contributed by atoms with E-state index < -0.39 is 42.1 Å². The van der Waals surface area contributed by atoms with Gasteiger partial charge in [0.15, 0.2) is 5.78 Å². The lowest BCUT2D eigenvalue weighted by Crippen LogP contribution is -2.58. The summed E-state index contributed by atoms with van der Waals surface area (Å²) in [5.74, 6) is 2.95. The molecular formula is C21H31N4O5P. The van der Waals surface area contributed by atoms with Gasteiger partial charge in [0.25, 0.3) is 5.91 Å². The molecule has 0 saturated carbocycles. The molecular weight excluding hydrogens is 419 g/mol. The number of carbonyl (C=O) groups excluding carboxylic acids is 3. The van der Waals surface area contributed by atoms with Crippen molar-refractivity contribution in [1.82, 2.24) is 14.9 Å². The highest BCUT2D eigenvalue weighted by Gasteiger charge is 2.35. The Bertz CT molecular complexity index is 974. The van der Waals surface area contributed by atoms with Crippen LogP contribution in [0.1, 0.15) is 49.2 Å². The van der Waals surface area contributed by atoms with Gasteiger partial charge in [-0.05, 0) is 36.5 Å². The number of Topliss-reactive ketones (excluding diaryl/α,β-unsaturated/α-hetero) is 1. The standard InChI is InChI=1S/C21H31N4O5P/c1-11(2)18(20(29)23-14(9-17(27)28)16(26)10-31)25(22)21(30)19-12(3)13-7-5-6-8-15(13)24(19)4/h7-8,11,14,18H,5-6,9-10,22,31H2,1-4H3,(H,23,29)(H,27,28). The molecule has 1 heterocycles. The van der Waals surface area contributed by atoms with Gasteiger partial charge in [0.1, 0.15) is 11.7 Å². The average Bonchev–Trinajstić information content (AvgIpc) is 2.96. The lowest BCUT2D eigenvalue weighted by atomic mass is 10.0. The predicted octanol–water partition coefficient (Wildman–Crippen LogP) is -0.567. The van der Waals surface area contributed by atoms with Crippen molar-refractivity contribution in [3.63, 3.8) is 0 Å². The second-order valence-electron chi connectivity index (χ2n) is 8.05. The van der Waals surface area contributed by atoms with Crippen LogP contribution in [0.4, 0.5) is 0 Å². The molecule has 170 valence electrons. The molecule has 9 nitrogen and oxygen atoms in total. The Labute approximate surface area is 183 Å². The second kappa shape index (κ2) is 10.2. The van der Waals surface area contributed by atoms with Crippen LogP contribution in [-0.4, -0.2) is 56.5 Å². The normalized spacial score (nSPS) is 14.7. The van der Waals surface area contributed by atoms with Crippen molar-refractivity contribution in [3.05, 3.63) is 21.8 Å². The van der Waals surface area contributed by atoms with Crippen molar-refractivity contribution in [3.8, 4) is 0 Å². The van der Waals surface area contributed by atoms with Gasteiger partial charge >= 0.3 is 5.97 Å². The van der Waals surface area contributed by atoms with Crippen LogP contribution in [0.25, 0.3) is 12.2 Å². The topological polar surface area (TPSA) is 135 Å². The van der Waals surface area contributed by atoms with E-state index in [1.165, 1.54) is 0 Å². The Balaban J connectivity index is 2.36. The van der Waals surface area contributed by atoms with Gasteiger partial charge in [0, 0.05) is 18.6 Å². The van der Waals surface area contributed by atoms with E-state index in [4.69, 9.17) is 10.9 Å². The molecule has 0 radical (unpaired) electrons. The molecule has 0 bridgehead atoms. The van der Waals surface area contributed by atoms with E-state index in [1.54, 1.807) is 25.5 Å². The van der Waals surface area contributed by atoms with Crippen molar-refractivity contribution in [1.29, 1.82) is 0 Å². The predicted molar refractivity (Wildman–Crippen MR) is 120 cm³/mol. The Kier molecular flexibility index (Phi) is 8.14. The molecule has 3 unspecified atom stereocenters. The Morgan fingerprint density at radius 1 is 1.26 bits per heavy atom. The maximum atomic E-state index is 13.3. The zero-order chi connectivity index (χ0) is 23.5. The van der Waals surface area contributed by atoms with Gasteiger partial charge in [-0.3, -0.25) is 24.2 Å². The summed E-state index contributed by atoms with van der Waals surface area (Å²) in [6.45, 7) is 5.30. The molecule has 0 fully saturated rings. The van der Waals surface area contributed by atoms with E-state index in [-0.39, 0.29) is 12.1 Å². The van der Waals surface area contributed by atoms with Crippen LogP contribution in [0.5, 0.6) is 0 Å². The van der Waals surface area contributed by atoms with Crippen LogP contribution in [0.15, 0.2) is 0 Å². The SMILES string of the molecule is Cc1c(C(=O)N(N)C(C(=O)NC(CC(=O)O)C(=O)CP)C(C)C)n(C)c2c1=CCCC=2. The van der Waals surface area contributed by atoms with Gasteiger partial charge in [0.2, 0.25) is 5.91 Å². The summed E-state index contributed by atoms with van der Waals surface area (Å²) in [5, 5.41) is 14.4. The van der Waals surface area contributed by atoms with Crippen LogP contribution >= 0.6 is 9.24 Å². The number of nitrogens with one attached hydrogen (secondary N) is 1. The minimum atomic E-state index is -1.21. The number of aromatic nitrogens is 1. The van der Waals surface area contributed by atoms with Gasteiger partial charge in [-0.2, -0.15) is 0 Å². The first kappa shape index (κ1) is 24.8. The Morgan fingerprint density at radius 3 is 2.39 bits per heavy atom. The van der Waals surface area contributed by atoms with Gasteiger partial charge in [-0.25, -0.2) is 5.84 Å². The quantitative estimate of drug-likeness (QED) is 0.200. The van der Waals surface area contributed by atoms with E-state index in [1.807, 2.05) is 6.92 Å². The number of carbonyl (C=O) groups is 4. The molecule has 0 aromatic carbocycles. The highest BCUT2D eigenvalue weighted by molar-refractivity contribution is 7.18. The van der Waals surface area contributed by atoms with Gasteiger partial charge in [0.05, 0.1) is 12.5 Å². The number of carboxylic acids is 1. The first-order chi connectivity index (χ1) is 14.5. The van der Waals surface area contributed by atoms with Crippen LogP contribution in [0.2, 0.25) is 0 Å². The number of amides is 2. The zero-order valence-corrected chi connectivity index (χ0v) is 19.5. The molecule has 2 rings (SSSR count). The van der Waals surface area contributed by atoms with Gasteiger partial charge in [-0.1, -0.05) is 26.0 Å². The molecule has 1 aromatic heterocycles. The van der Waals surface area contributed by atoms with Crippen molar-refractivity contribution in [2.45, 2.75) is 52.1 Å². The summed E-state index contributed by atoms with van der Waals surface area (Å²) < 4.78 is 1.78. The monoisotopic (exact) mass is 450 g/mol.